The zero-order valence-electron chi connectivity index (χ0n) is 14.0. The summed E-state index contributed by atoms with van der Waals surface area (Å²) in [5, 5.41) is 8.41. The van der Waals surface area contributed by atoms with Gasteiger partial charge in [-0.1, -0.05) is 18.2 Å². The topological polar surface area (TPSA) is 77.1 Å². The number of carbonyl (C=O) groups excluding carboxylic acids is 1. The molecule has 0 spiro atoms. The molecule has 1 atom stereocenters. The maximum absolute atomic E-state index is 13.0. The third-order valence-corrected chi connectivity index (χ3v) is 4.61. The lowest BCUT2D eigenvalue weighted by molar-refractivity contribution is 0.0564. The van der Waals surface area contributed by atoms with Gasteiger partial charge in [0, 0.05) is 12.2 Å². The Morgan fingerprint density at radius 2 is 2.08 bits per heavy atom. The molecule has 128 valence electrons. The van der Waals surface area contributed by atoms with Crippen LogP contribution in [0, 0.1) is 6.92 Å². The van der Waals surface area contributed by atoms with Crippen LogP contribution in [0.25, 0.3) is 5.69 Å². The Morgan fingerprint density at radius 3 is 2.84 bits per heavy atom. The molecule has 1 aliphatic rings. The zero-order chi connectivity index (χ0) is 17.2. The van der Waals surface area contributed by atoms with E-state index >= 15 is 0 Å². The summed E-state index contributed by atoms with van der Waals surface area (Å²) >= 11 is 0. The predicted octanol–water partition coefficient (Wildman–Crippen LogP) is 2.93. The van der Waals surface area contributed by atoms with Gasteiger partial charge in [-0.3, -0.25) is 9.36 Å². The molecule has 2 aromatic heterocycles. The van der Waals surface area contributed by atoms with E-state index in [2.05, 4.69) is 15.2 Å². The minimum atomic E-state index is -0.137. The number of piperidine rings is 1. The highest BCUT2D eigenvalue weighted by Crippen LogP contribution is 2.32. The Labute approximate surface area is 145 Å². The highest BCUT2D eigenvalue weighted by Gasteiger charge is 2.34. The minimum absolute atomic E-state index is 0.131. The van der Waals surface area contributed by atoms with Crippen molar-refractivity contribution in [1.82, 2.24) is 24.6 Å². The van der Waals surface area contributed by atoms with Crippen molar-refractivity contribution in [2.24, 2.45) is 0 Å². The maximum Gasteiger partial charge on any atom is 0.292 e. The average molecular weight is 337 g/mol. The Bertz CT molecular complexity index is 870. The van der Waals surface area contributed by atoms with E-state index in [1.807, 2.05) is 39.8 Å². The average Bonchev–Trinajstić information content (AvgIpc) is 3.31. The molecular formula is C18H19N5O2. The van der Waals surface area contributed by atoms with Gasteiger partial charge in [-0.15, -0.1) is 10.2 Å². The predicted molar refractivity (Wildman–Crippen MR) is 90.2 cm³/mol. The van der Waals surface area contributed by atoms with E-state index in [0.29, 0.717) is 18.0 Å². The fraction of sp³-hybridized carbons (Fsp3) is 0.333. The molecule has 7 heteroatoms. The second-order valence-electron chi connectivity index (χ2n) is 6.17. The SMILES string of the molecule is Cc1ncoc1C(=O)N1CCCCC1c1nncn1-c1ccccc1. The lowest BCUT2D eigenvalue weighted by atomic mass is 10.0. The quantitative estimate of drug-likeness (QED) is 0.734. The van der Waals surface area contributed by atoms with Crippen molar-refractivity contribution in [3.8, 4) is 5.69 Å². The smallest absolute Gasteiger partial charge is 0.292 e. The van der Waals surface area contributed by atoms with Gasteiger partial charge in [0.1, 0.15) is 6.33 Å². The molecule has 1 aromatic carbocycles. The molecule has 7 nitrogen and oxygen atoms in total. The molecule has 0 N–H and O–H groups in total. The van der Waals surface area contributed by atoms with Crippen molar-refractivity contribution < 1.29 is 9.21 Å². The lowest BCUT2D eigenvalue weighted by Crippen LogP contribution is -2.39. The molecule has 1 aliphatic heterocycles. The summed E-state index contributed by atoms with van der Waals surface area (Å²) in [4.78, 5) is 18.8. The van der Waals surface area contributed by atoms with Crippen LogP contribution in [0.1, 0.15) is 47.4 Å². The normalized spacial score (nSPS) is 17.6. The summed E-state index contributed by atoms with van der Waals surface area (Å²) in [7, 11) is 0. The highest BCUT2D eigenvalue weighted by molar-refractivity contribution is 5.92. The maximum atomic E-state index is 13.0. The van der Waals surface area contributed by atoms with Crippen LogP contribution in [0.4, 0.5) is 0 Å². The molecular weight excluding hydrogens is 318 g/mol. The fourth-order valence-corrected chi connectivity index (χ4v) is 3.34. The summed E-state index contributed by atoms with van der Waals surface area (Å²) in [5.74, 6) is 0.941. The summed E-state index contributed by atoms with van der Waals surface area (Å²) < 4.78 is 7.26. The molecule has 3 heterocycles. The van der Waals surface area contributed by atoms with Crippen LogP contribution in [0.5, 0.6) is 0 Å². The van der Waals surface area contributed by atoms with Crippen LogP contribution in [0.2, 0.25) is 0 Å². The molecule has 25 heavy (non-hydrogen) atoms. The number of likely N-dealkylation sites (tertiary alicyclic amines) is 1. The van der Waals surface area contributed by atoms with Crippen molar-refractivity contribution in [3.05, 3.63) is 60.3 Å². The largest absolute Gasteiger partial charge is 0.438 e. The number of hydrogen-bond acceptors (Lipinski definition) is 5. The molecule has 1 fully saturated rings. The van der Waals surface area contributed by atoms with E-state index in [1.165, 1.54) is 6.39 Å². The summed E-state index contributed by atoms with van der Waals surface area (Å²) in [6, 6.07) is 9.79. The van der Waals surface area contributed by atoms with Crippen molar-refractivity contribution in [1.29, 1.82) is 0 Å². The van der Waals surface area contributed by atoms with Crippen LogP contribution < -0.4 is 0 Å². The van der Waals surface area contributed by atoms with Gasteiger partial charge < -0.3 is 9.32 Å². The molecule has 1 amide bonds. The van der Waals surface area contributed by atoms with Crippen molar-refractivity contribution in [2.75, 3.05) is 6.54 Å². The van der Waals surface area contributed by atoms with Crippen molar-refractivity contribution >= 4 is 5.91 Å². The number of amides is 1. The van der Waals surface area contributed by atoms with E-state index in [1.54, 1.807) is 13.3 Å². The molecule has 1 saturated heterocycles. The summed E-state index contributed by atoms with van der Waals surface area (Å²) in [5.41, 5.74) is 1.59. The van der Waals surface area contributed by atoms with Crippen LogP contribution in [-0.2, 0) is 0 Å². The van der Waals surface area contributed by atoms with Gasteiger partial charge >= 0.3 is 0 Å². The Balaban J connectivity index is 1.70. The van der Waals surface area contributed by atoms with Gasteiger partial charge in [0.15, 0.2) is 12.2 Å². The first kappa shape index (κ1) is 15.6. The van der Waals surface area contributed by atoms with E-state index in [-0.39, 0.29) is 11.9 Å². The number of hydrogen-bond donors (Lipinski definition) is 0. The van der Waals surface area contributed by atoms with Gasteiger partial charge in [0.2, 0.25) is 5.76 Å². The first-order valence-corrected chi connectivity index (χ1v) is 8.42. The molecule has 0 bridgehead atoms. The molecule has 0 radical (unpaired) electrons. The number of carbonyl (C=O) groups is 1. The Hall–Kier alpha value is -2.96. The third-order valence-electron chi connectivity index (χ3n) is 4.61. The molecule has 0 saturated carbocycles. The Kier molecular flexibility index (Phi) is 4.05. The number of rotatable bonds is 3. The summed E-state index contributed by atoms with van der Waals surface area (Å²) in [6.07, 6.45) is 5.88. The zero-order valence-corrected chi connectivity index (χ0v) is 14.0. The van der Waals surface area contributed by atoms with Crippen LogP contribution in [0.3, 0.4) is 0 Å². The van der Waals surface area contributed by atoms with E-state index in [9.17, 15) is 4.79 Å². The van der Waals surface area contributed by atoms with Crippen LogP contribution in [0.15, 0.2) is 47.5 Å². The monoisotopic (exact) mass is 337 g/mol. The second kappa shape index (κ2) is 6.51. The van der Waals surface area contributed by atoms with Crippen LogP contribution >= 0.6 is 0 Å². The molecule has 0 aliphatic carbocycles. The molecule has 1 unspecified atom stereocenters. The number of nitrogens with zero attached hydrogens (tertiary/aromatic N) is 5. The number of aryl methyl sites for hydroxylation is 1. The number of para-hydroxylation sites is 1. The second-order valence-corrected chi connectivity index (χ2v) is 6.17. The van der Waals surface area contributed by atoms with E-state index < -0.39 is 0 Å². The lowest BCUT2D eigenvalue weighted by Gasteiger charge is -2.34. The minimum Gasteiger partial charge on any atom is -0.438 e. The van der Waals surface area contributed by atoms with Crippen molar-refractivity contribution in [2.45, 2.75) is 32.2 Å². The van der Waals surface area contributed by atoms with Gasteiger partial charge in [0.25, 0.3) is 5.91 Å². The standard InChI is InChI=1S/C18H19N5O2/c1-13-16(25-12-19-13)18(24)22-10-6-5-9-15(22)17-21-20-11-23(17)14-7-3-2-4-8-14/h2-4,7-8,11-12,15H,5-6,9-10H2,1H3. The van der Waals surface area contributed by atoms with Crippen LogP contribution in [-0.4, -0.2) is 37.1 Å². The van der Waals surface area contributed by atoms with Gasteiger partial charge in [-0.05, 0) is 38.3 Å². The van der Waals surface area contributed by atoms with Gasteiger partial charge in [-0.25, -0.2) is 4.98 Å². The highest BCUT2D eigenvalue weighted by atomic mass is 16.3. The van der Waals surface area contributed by atoms with Crippen molar-refractivity contribution in [3.63, 3.8) is 0 Å². The van der Waals surface area contributed by atoms with Gasteiger partial charge in [-0.2, -0.15) is 0 Å². The number of aromatic nitrogens is 4. The number of benzene rings is 1. The van der Waals surface area contributed by atoms with E-state index in [0.717, 1.165) is 30.8 Å². The van der Waals surface area contributed by atoms with E-state index in [4.69, 9.17) is 4.42 Å². The first-order chi connectivity index (χ1) is 12.3. The Morgan fingerprint density at radius 1 is 1.24 bits per heavy atom. The first-order valence-electron chi connectivity index (χ1n) is 8.42. The molecule has 3 aromatic rings. The number of oxazole rings is 1. The van der Waals surface area contributed by atoms with Gasteiger partial charge in [0.05, 0.1) is 11.7 Å². The third kappa shape index (κ3) is 2.82. The fourth-order valence-electron chi connectivity index (χ4n) is 3.34. The molecule has 4 rings (SSSR count). The summed E-state index contributed by atoms with van der Waals surface area (Å²) in [6.45, 7) is 2.45.